The third kappa shape index (κ3) is 2.78. The summed E-state index contributed by atoms with van der Waals surface area (Å²) in [6, 6.07) is 8.79. The SMILES string of the molecule is Cc1ccc(N(C)S(=O)(=O)c2cnc(Cl)c(C)c2)cc1. The van der Waals surface area contributed by atoms with Crippen LogP contribution in [0.25, 0.3) is 0 Å². The van der Waals surface area contributed by atoms with Crippen LogP contribution < -0.4 is 4.31 Å². The fourth-order valence-electron chi connectivity index (χ4n) is 1.72. The lowest BCUT2D eigenvalue weighted by Crippen LogP contribution is -2.26. The molecule has 1 aromatic carbocycles. The fraction of sp³-hybridized carbons (Fsp3) is 0.214. The predicted octanol–water partition coefficient (Wildman–Crippen LogP) is 3.18. The first-order chi connectivity index (χ1) is 9.32. The van der Waals surface area contributed by atoms with E-state index in [1.807, 2.05) is 19.1 Å². The van der Waals surface area contributed by atoms with Gasteiger partial charge < -0.3 is 0 Å². The average Bonchev–Trinajstić information content (AvgIpc) is 2.41. The minimum absolute atomic E-state index is 0.127. The van der Waals surface area contributed by atoms with Gasteiger partial charge in [0.05, 0.1) is 5.69 Å². The Kier molecular flexibility index (Phi) is 4.01. The number of aromatic nitrogens is 1. The van der Waals surface area contributed by atoms with E-state index in [-0.39, 0.29) is 4.90 Å². The number of pyridine rings is 1. The van der Waals surface area contributed by atoms with Crippen molar-refractivity contribution in [1.82, 2.24) is 4.98 Å². The average molecular weight is 311 g/mol. The van der Waals surface area contributed by atoms with Crippen LogP contribution in [-0.4, -0.2) is 20.4 Å². The normalized spacial score (nSPS) is 11.4. The Morgan fingerprint density at radius 2 is 1.75 bits per heavy atom. The molecule has 0 N–H and O–H groups in total. The first-order valence-electron chi connectivity index (χ1n) is 6.00. The molecule has 106 valence electrons. The zero-order valence-electron chi connectivity index (χ0n) is 11.5. The van der Waals surface area contributed by atoms with Gasteiger partial charge in [0.25, 0.3) is 10.0 Å². The highest BCUT2D eigenvalue weighted by atomic mass is 35.5. The predicted molar refractivity (Wildman–Crippen MR) is 80.8 cm³/mol. The van der Waals surface area contributed by atoms with E-state index in [4.69, 9.17) is 11.6 Å². The lowest BCUT2D eigenvalue weighted by atomic mass is 10.2. The van der Waals surface area contributed by atoms with Crippen molar-refractivity contribution >= 4 is 27.3 Å². The number of rotatable bonds is 3. The largest absolute Gasteiger partial charge is 0.269 e. The second-order valence-corrected chi connectivity index (χ2v) is 6.91. The maximum Gasteiger partial charge on any atom is 0.265 e. The van der Waals surface area contributed by atoms with Crippen molar-refractivity contribution in [3.63, 3.8) is 0 Å². The van der Waals surface area contributed by atoms with Gasteiger partial charge in [-0.25, -0.2) is 13.4 Å². The van der Waals surface area contributed by atoms with Gasteiger partial charge in [0.15, 0.2) is 0 Å². The van der Waals surface area contributed by atoms with Gasteiger partial charge >= 0.3 is 0 Å². The Morgan fingerprint density at radius 3 is 2.30 bits per heavy atom. The lowest BCUT2D eigenvalue weighted by molar-refractivity contribution is 0.594. The summed E-state index contributed by atoms with van der Waals surface area (Å²) in [4.78, 5) is 4.02. The lowest BCUT2D eigenvalue weighted by Gasteiger charge is -2.19. The molecule has 0 aliphatic carbocycles. The molecular formula is C14H15ClN2O2S. The number of hydrogen-bond donors (Lipinski definition) is 0. The van der Waals surface area contributed by atoms with E-state index in [2.05, 4.69) is 4.98 Å². The highest BCUT2D eigenvalue weighted by Crippen LogP contribution is 2.24. The molecular weight excluding hydrogens is 296 g/mol. The molecule has 0 aliphatic heterocycles. The van der Waals surface area contributed by atoms with E-state index in [1.54, 1.807) is 19.1 Å². The number of halogens is 1. The van der Waals surface area contributed by atoms with Gasteiger partial charge in [0.2, 0.25) is 0 Å². The number of aryl methyl sites for hydroxylation is 2. The molecule has 0 spiro atoms. The van der Waals surface area contributed by atoms with Gasteiger partial charge in [-0.2, -0.15) is 0 Å². The van der Waals surface area contributed by atoms with E-state index in [9.17, 15) is 8.42 Å². The fourth-order valence-corrected chi connectivity index (χ4v) is 3.06. The van der Waals surface area contributed by atoms with Crippen molar-refractivity contribution in [2.45, 2.75) is 18.7 Å². The van der Waals surface area contributed by atoms with E-state index in [0.717, 1.165) is 5.56 Å². The van der Waals surface area contributed by atoms with Crippen LogP contribution in [0.4, 0.5) is 5.69 Å². The number of anilines is 1. The van der Waals surface area contributed by atoms with E-state index in [0.29, 0.717) is 16.4 Å². The number of hydrogen-bond acceptors (Lipinski definition) is 3. The molecule has 20 heavy (non-hydrogen) atoms. The van der Waals surface area contributed by atoms with Gasteiger partial charge in [-0.3, -0.25) is 4.31 Å². The van der Waals surface area contributed by atoms with E-state index >= 15 is 0 Å². The topological polar surface area (TPSA) is 50.3 Å². The molecule has 2 aromatic rings. The number of sulfonamides is 1. The minimum Gasteiger partial charge on any atom is -0.269 e. The summed E-state index contributed by atoms with van der Waals surface area (Å²) in [6.07, 6.45) is 1.27. The molecule has 0 atom stereocenters. The Labute approximate surface area is 124 Å². The first-order valence-corrected chi connectivity index (χ1v) is 7.82. The molecule has 0 bridgehead atoms. The van der Waals surface area contributed by atoms with Crippen LogP contribution in [0.2, 0.25) is 5.15 Å². The number of benzene rings is 1. The summed E-state index contributed by atoms with van der Waals surface area (Å²) in [6.45, 7) is 3.67. The maximum atomic E-state index is 12.5. The van der Waals surface area contributed by atoms with Gasteiger partial charge in [-0.15, -0.1) is 0 Å². The molecule has 6 heteroatoms. The Hall–Kier alpha value is -1.59. The third-order valence-corrected chi connectivity index (χ3v) is 5.19. The molecule has 0 amide bonds. The minimum atomic E-state index is -3.63. The van der Waals surface area contributed by atoms with Crippen molar-refractivity contribution in [3.05, 3.63) is 52.8 Å². The van der Waals surface area contributed by atoms with Gasteiger partial charge in [-0.05, 0) is 37.6 Å². The molecule has 0 saturated heterocycles. The summed E-state index contributed by atoms with van der Waals surface area (Å²) < 4.78 is 26.3. The van der Waals surface area contributed by atoms with Crippen molar-refractivity contribution in [2.75, 3.05) is 11.4 Å². The van der Waals surface area contributed by atoms with Gasteiger partial charge in [0.1, 0.15) is 10.0 Å². The van der Waals surface area contributed by atoms with Crippen LogP contribution >= 0.6 is 11.6 Å². The Morgan fingerprint density at radius 1 is 1.15 bits per heavy atom. The maximum absolute atomic E-state index is 12.5. The van der Waals surface area contributed by atoms with Crippen molar-refractivity contribution in [1.29, 1.82) is 0 Å². The molecule has 0 radical (unpaired) electrons. The van der Waals surface area contributed by atoms with Crippen molar-refractivity contribution in [3.8, 4) is 0 Å². The third-order valence-electron chi connectivity index (χ3n) is 3.05. The summed E-state index contributed by atoms with van der Waals surface area (Å²) >= 11 is 5.83. The molecule has 2 rings (SSSR count). The standard InChI is InChI=1S/C14H15ClN2O2S/c1-10-4-6-12(7-5-10)17(3)20(18,19)13-8-11(2)14(15)16-9-13/h4-9H,1-3H3. The van der Waals surface area contributed by atoms with Gasteiger partial charge in [0, 0.05) is 13.2 Å². The summed E-state index contributed by atoms with van der Waals surface area (Å²) in [5, 5.41) is 0.307. The zero-order valence-corrected chi connectivity index (χ0v) is 13.0. The second kappa shape index (κ2) is 5.42. The summed E-state index contributed by atoms with van der Waals surface area (Å²) in [5.41, 5.74) is 2.30. The first kappa shape index (κ1) is 14.8. The smallest absolute Gasteiger partial charge is 0.265 e. The van der Waals surface area contributed by atoms with Crippen LogP contribution in [0.5, 0.6) is 0 Å². The summed E-state index contributed by atoms with van der Waals surface area (Å²) in [5.74, 6) is 0. The Bertz CT molecular complexity index is 727. The zero-order chi connectivity index (χ0) is 14.9. The Balaban J connectivity index is 2.43. The molecule has 0 aliphatic rings. The molecule has 4 nitrogen and oxygen atoms in total. The van der Waals surface area contributed by atoms with Crippen LogP contribution in [0, 0.1) is 13.8 Å². The highest BCUT2D eigenvalue weighted by molar-refractivity contribution is 7.92. The second-order valence-electron chi connectivity index (χ2n) is 4.59. The van der Waals surface area contributed by atoms with Crippen molar-refractivity contribution < 1.29 is 8.42 Å². The monoisotopic (exact) mass is 310 g/mol. The van der Waals surface area contributed by atoms with Gasteiger partial charge in [-0.1, -0.05) is 29.3 Å². The van der Waals surface area contributed by atoms with Crippen molar-refractivity contribution in [2.24, 2.45) is 0 Å². The van der Waals surface area contributed by atoms with Crippen LogP contribution in [0.1, 0.15) is 11.1 Å². The highest BCUT2D eigenvalue weighted by Gasteiger charge is 2.22. The molecule has 1 aromatic heterocycles. The molecule has 1 heterocycles. The molecule has 0 saturated carbocycles. The summed E-state index contributed by atoms with van der Waals surface area (Å²) in [7, 11) is -2.11. The van der Waals surface area contributed by atoms with E-state index in [1.165, 1.54) is 23.6 Å². The number of nitrogens with zero attached hydrogens (tertiary/aromatic N) is 2. The van der Waals surface area contributed by atoms with Crippen LogP contribution in [0.15, 0.2) is 41.4 Å². The molecule has 0 fully saturated rings. The quantitative estimate of drug-likeness (QED) is 0.818. The molecule has 0 unspecified atom stereocenters. The van der Waals surface area contributed by atoms with Crippen LogP contribution in [-0.2, 0) is 10.0 Å². The van der Waals surface area contributed by atoms with E-state index < -0.39 is 10.0 Å². The van der Waals surface area contributed by atoms with Crippen LogP contribution in [0.3, 0.4) is 0 Å².